The molecule has 0 saturated heterocycles. The van der Waals surface area contributed by atoms with Gasteiger partial charge in [-0.3, -0.25) is 4.79 Å². The van der Waals surface area contributed by atoms with Crippen molar-refractivity contribution in [2.45, 2.75) is 59.0 Å². The Morgan fingerprint density at radius 3 is 2.31 bits per heavy atom. The van der Waals surface area contributed by atoms with Gasteiger partial charge in [0.2, 0.25) is 0 Å². The summed E-state index contributed by atoms with van der Waals surface area (Å²) in [6.07, 6.45) is -0.946. The van der Waals surface area contributed by atoms with Crippen LogP contribution >= 0.6 is 0 Å². The van der Waals surface area contributed by atoms with Gasteiger partial charge in [-0.25, -0.2) is 0 Å². The van der Waals surface area contributed by atoms with Gasteiger partial charge in [0.1, 0.15) is 11.5 Å². The Bertz CT molecular complexity index is 859. The second-order valence-corrected chi connectivity index (χ2v) is 7.21. The molecule has 2 rings (SSSR count). The van der Waals surface area contributed by atoms with Crippen LogP contribution in [0.2, 0.25) is 0 Å². The normalized spacial score (nSPS) is 10.7. The molecule has 29 heavy (non-hydrogen) atoms. The van der Waals surface area contributed by atoms with Gasteiger partial charge in [-0.1, -0.05) is 44.2 Å². The monoisotopic (exact) mass is 408 g/mol. The Kier molecular flexibility index (Phi) is 9.36. The maximum Gasteiger partial charge on any atom is 0.394 e. The second-order valence-electron chi connectivity index (χ2n) is 7.21. The van der Waals surface area contributed by atoms with Gasteiger partial charge >= 0.3 is 12.3 Å². The van der Waals surface area contributed by atoms with E-state index in [4.69, 9.17) is 9.59 Å². The molecule has 0 heterocycles. The van der Waals surface area contributed by atoms with E-state index in [1.54, 1.807) is 19.1 Å². The van der Waals surface area contributed by atoms with Crippen molar-refractivity contribution in [3.8, 4) is 5.75 Å². The van der Waals surface area contributed by atoms with Crippen LogP contribution in [-0.4, -0.2) is 18.0 Å². The summed E-state index contributed by atoms with van der Waals surface area (Å²) < 4.78 is 30.7. The maximum atomic E-state index is 13.0. The molecule has 0 fully saturated rings. The molecule has 0 aliphatic rings. The first kappa shape index (κ1) is 24.2. The summed E-state index contributed by atoms with van der Waals surface area (Å²) in [5, 5.41) is 0. The molecule has 2 aromatic carbocycles. The SMILES string of the molecule is CC(=O)Cc1ccc(CCc2cccc(OC(C)(F)F)c2)c(C(C)C)c1.O=C=O.[HH].[HH]. The standard InChI is InChI=1S/C22H26F2O2.CO2.2H2/c1-15(2)21-14-18(12-16(3)25)9-11-19(21)10-8-17-6-5-7-20(13-17)26-22(4,23)24;2-1-3;;/h5-7,9,11,13-15H,8,10,12H2,1-4H3;;2*1H. The summed E-state index contributed by atoms with van der Waals surface area (Å²) in [4.78, 5) is 27.6. The van der Waals surface area contributed by atoms with E-state index in [-0.39, 0.29) is 20.5 Å². The fraction of sp³-hybridized carbons (Fsp3) is 0.391. The first-order valence-corrected chi connectivity index (χ1v) is 9.32. The van der Waals surface area contributed by atoms with Crippen LogP contribution in [0, 0.1) is 0 Å². The summed E-state index contributed by atoms with van der Waals surface area (Å²) in [5.41, 5.74) is 4.44. The smallest absolute Gasteiger partial charge is 0.394 e. The fourth-order valence-electron chi connectivity index (χ4n) is 3.06. The molecule has 0 atom stereocenters. The van der Waals surface area contributed by atoms with Gasteiger partial charge in [-0.15, -0.1) is 0 Å². The number of Topliss-reactive ketones (excluding diaryl/α,β-unsaturated/α-hetero) is 1. The Hall–Kier alpha value is -2.85. The van der Waals surface area contributed by atoms with Gasteiger partial charge in [0.15, 0.2) is 0 Å². The quantitative estimate of drug-likeness (QED) is 0.568. The van der Waals surface area contributed by atoms with E-state index in [1.807, 2.05) is 12.1 Å². The van der Waals surface area contributed by atoms with E-state index in [1.165, 1.54) is 17.2 Å². The van der Waals surface area contributed by atoms with Crippen molar-refractivity contribution in [1.82, 2.24) is 0 Å². The number of alkyl halides is 2. The lowest BCUT2D eigenvalue weighted by Crippen LogP contribution is -2.19. The molecule has 0 aromatic heterocycles. The number of halogens is 2. The largest absolute Gasteiger partial charge is 0.433 e. The lowest BCUT2D eigenvalue weighted by molar-refractivity contribution is -0.191. The van der Waals surface area contributed by atoms with E-state index in [9.17, 15) is 13.6 Å². The number of carbonyl (C=O) groups is 1. The van der Waals surface area contributed by atoms with Crippen molar-refractivity contribution in [1.29, 1.82) is 0 Å². The van der Waals surface area contributed by atoms with Crippen molar-refractivity contribution in [2.24, 2.45) is 0 Å². The van der Waals surface area contributed by atoms with E-state index >= 15 is 0 Å². The van der Waals surface area contributed by atoms with Crippen molar-refractivity contribution in [3.05, 3.63) is 64.7 Å². The van der Waals surface area contributed by atoms with Gasteiger partial charge in [0.25, 0.3) is 0 Å². The van der Waals surface area contributed by atoms with Crippen LogP contribution in [0.3, 0.4) is 0 Å². The predicted octanol–water partition coefficient (Wildman–Crippen LogP) is 5.63. The van der Waals surface area contributed by atoms with Crippen molar-refractivity contribution in [2.75, 3.05) is 0 Å². The van der Waals surface area contributed by atoms with Gasteiger partial charge < -0.3 is 4.74 Å². The zero-order valence-electron chi connectivity index (χ0n) is 17.1. The molecule has 0 unspecified atom stereocenters. The molecule has 0 saturated carbocycles. The molecule has 6 heteroatoms. The highest BCUT2D eigenvalue weighted by Crippen LogP contribution is 2.25. The van der Waals surface area contributed by atoms with Crippen LogP contribution in [0.4, 0.5) is 8.78 Å². The molecular weight excluding hydrogens is 378 g/mol. The van der Waals surface area contributed by atoms with E-state index in [0.717, 1.165) is 30.9 Å². The summed E-state index contributed by atoms with van der Waals surface area (Å²) >= 11 is 0. The lowest BCUT2D eigenvalue weighted by atomic mass is 9.90. The third-order valence-electron chi connectivity index (χ3n) is 4.16. The van der Waals surface area contributed by atoms with E-state index in [2.05, 4.69) is 30.7 Å². The van der Waals surface area contributed by atoms with Crippen LogP contribution in [0.15, 0.2) is 42.5 Å². The molecular formula is C23H30F2O4. The van der Waals surface area contributed by atoms with Gasteiger partial charge in [-0.2, -0.15) is 18.4 Å². The number of benzene rings is 2. The van der Waals surface area contributed by atoms with Gasteiger partial charge in [0.05, 0.1) is 0 Å². The molecule has 0 aliphatic heterocycles. The number of ether oxygens (including phenoxy) is 1. The Balaban J connectivity index is 0. The molecule has 4 nitrogen and oxygen atoms in total. The fourth-order valence-corrected chi connectivity index (χ4v) is 3.06. The van der Waals surface area contributed by atoms with Crippen LogP contribution in [-0.2, 0) is 33.6 Å². The number of ketones is 1. The van der Waals surface area contributed by atoms with E-state index in [0.29, 0.717) is 12.3 Å². The van der Waals surface area contributed by atoms with Crippen LogP contribution < -0.4 is 4.74 Å². The Morgan fingerprint density at radius 2 is 1.76 bits per heavy atom. The minimum Gasteiger partial charge on any atom is -0.433 e. The van der Waals surface area contributed by atoms with Gasteiger partial charge in [-0.05, 0) is 60.1 Å². The molecule has 0 N–H and O–H groups in total. The highest BCUT2D eigenvalue weighted by atomic mass is 19.3. The molecule has 0 aliphatic carbocycles. The van der Waals surface area contributed by atoms with Gasteiger partial charge in [0, 0.05) is 16.2 Å². The number of rotatable bonds is 8. The van der Waals surface area contributed by atoms with Crippen LogP contribution in [0.5, 0.6) is 5.75 Å². The molecule has 0 radical (unpaired) electrons. The summed E-state index contributed by atoms with van der Waals surface area (Å²) in [6, 6.07) is 13.0. The highest BCUT2D eigenvalue weighted by Gasteiger charge is 2.23. The minimum absolute atomic E-state index is 0. The third-order valence-corrected chi connectivity index (χ3v) is 4.16. The number of hydrogen-bond donors (Lipinski definition) is 0. The zero-order valence-corrected chi connectivity index (χ0v) is 17.1. The average molecular weight is 408 g/mol. The number of aryl methyl sites for hydroxylation is 2. The van der Waals surface area contributed by atoms with Crippen molar-refractivity contribution < 1.29 is 30.8 Å². The molecule has 0 bridgehead atoms. The molecule has 0 amide bonds. The Morgan fingerprint density at radius 1 is 1.10 bits per heavy atom. The topological polar surface area (TPSA) is 60.4 Å². The van der Waals surface area contributed by atoms with E-state index < -0.39 is 6.11 Å². The summed E-state index contributed by atoms with van der Waals surface area (Å²) in [6.45, 7) is 6.59. The molecule has 0 spiro atoms. The average Bonchev–Trinajstić information content (AvgIpc) is 2.59. The molecule has 160 valence electrons. The predicted molar refractivity (Wildman–Crippen MR) is 109 cm³/mol. The zero-order chi connectivity index (χ0) is 22.0. The first-order chi connectivity index (χ1) is 13.6. The number of carbonyl (C=O) groups excluding carboxylic acids is 3. The van der Waals surface area contributed by atoms with Crippen molar-refractivity contribution >= 4 is 11.9 Å². The summed E-state index contributed by atoms with van der Waals surface area (Å²) in [5.74, 6) is 0.679. The lowest BCUT2D eigenvalue weighted by Gasteiger charge is -2.16. The van der Waals surface area contributed by atoms with Crippen LogP contribution in [0.1, 0.15) is 58.7 Å². The Labute approximate surface area is 172 Å². The second kappa shape index (κ2) is 11.2. The molecule has 2 aromatic rings. The number of hydrogen-bond acceptors (Lipinski definition) is 4. The van der Waals surface area contributed by atoms with Crippen molar-refractivity contribution in [3.63, 3.8) is 0 Å². The first-order valence-electron chi connectivity index (χ1n) is 9.32. The summed E-state index contributed by atoms with van der Waals surface area (Å²) in [7, 11) is 0. The third kappa shape index (κ3) is 9.26. The van der Waals surface area contributed by atoms with Crippen LogP contribution in [0.25, 0.3) is 0 Å². The maximum absolute atomic E-state index is 13.0. The minimum atomic E-state index is -3.18. The highest BCUT2D eigenvalue weighted by molar-refractivity contribution is 5.78.